The van der Waals surface area contributed by atoms with Crippen molar-refractivity contribution in [3.05, 3.63) is 27.3 Å². The van der Waals surface area contributed by atoms with Gasteiger partial charge in [0, 0.05) is 32.2 Å². The van der Waals surface area contributed by atoms with Gasteiger partial charge in [-0.3, -0.25) is 4.79 Å². The zero-order valence-corrected chi connectivity index (χ0v) is 18.4. The van der Waals surface area contributed by atoms with Crippen LogP contribution >= 0.6 is 11.3 Å². The Labute approximate surface area is 178 Å². The number of aryl methyl sites for hydroxylation is 1. The number of rotatable bonds is 8. The van der Waals surface area contributed by atoms with E-state index in [1.54, 1.807) is 30.5 Å². The van der Waals surface area contributed by atoms with Crippen molar-refractivity contribution < 1.29 is 14.3 Å². The number of fused-ring (bicyclic) bond motifs is 5. The Kier molecular flexibility index (Phi) is 6.16. The summed E-state index contributed by atoms with van der Waals surface area (Å²) in [7, 11) is 3.18. The minimum Gasteiger partial charge on any atom is -0.383 e. The number of hydrogen-bond donors (Lipinski definition) is 0. The summed E-state index contributed by atoms with van der Waals surface area (Å²) in [4.78, 5) is 34.1. The predicted octanol–water partition coefficient (Wildman–Crippen LogP) is 1.35. The third-order valence-electron chi connectivity index (χ3n) is 5.65. The van der Waals surface area contributed by atoms with E-state index >= 15 is 0 Å². The van der Waals surface area contributed by atoms with Crippen molar-refractivity contribution in [2.45, 2.75) is 32.7 Å². The van der Waals surface area contributed by atoms with Gasteiger partial charge >= 0.3 is 5.69 Å². The SMILES string of the molecule is COCCN(CCOC)C(=O)Cn1nc2c3c4c(sc3ncn2c1=O)C[C@@H](C)CC4. The van der Waals surface area contributed by atoms with Gasteiger partial charge in [-0.05, 0) is 30.7 Å². The molecule has 30 heavy (non-hydrogen) atoms. The molecule has 162 valence electrons. The highest BCUT2D eigenvalue weighted by molar-refractivity contribution is 7.19. The quantitative estimate of drug-likeness (QED) is 0.533. The van der Waals surface area contributed by atoms with Crippen molar-refractivity contribution in [2.75, 3.05) is 40.5 Å². The van der Waals surface area contributed by atoms with E-state index < -0.39 is 0 Å². The summed E-state index contributed by atoms with van der Waals surface area (Å²) in [6.45, 7) is 3.84. The highest BCUT2D eigenvalue weighted by Crippen LogP contribution is 2.38. The molecule has 0 spiro atoms. The molecule has 1 amide bonds. The van der Waals surface area contributed by atoms with E-state index in [2.05, 4.69) is 17.0 Å². The molecule has 0 unspecified atom stereocenters. The minimum absolute atomic E-state index is 0.126. The second kappa shape index (κ2) is 8.83. The average molecular weight is 434 g/mol. The van der Waals surface area contributed by atoms with Gasteiger partial charge in [0.2, 0.25) is 5.91 Å². The molecule has 1 aliphatic carbocycles. The molecular formula is C20H27N5O4S. The molecule has 4 rings (SSSR count). The molecule has 3 aromatic heterocycles. The fraction of sp³-hybridized carbons (Fsp3) is 0.600. The lowest BCUT2D eigenvalue weighted by Gasteiger charge is -2.21. The first-order chi connectivity index (χ1) is 14.5. The van der Waals surface area contributed by atoms with Gasteiger partial charge in [-0.2, -0.15) is 0 Å². The van der Waals surface area contributed by atoms with Crippen LogP contribution in [0.4, 0.5) is 0 Å². The number of amides is 1. The number of hydrogen-bond acceptors (Lipinski definition) is 7. The van der Waals surface area contributed by atoms with Crippen LogP contribution in [0.5, 0.6) is 0 Å². The van der Waals surface area contributed by atoms with Crippen molar-refractivity contribution in [1.29, 1.82) is 0 Å². The van der Waals surface area contributed by atoms with Crippen LogP contribution in [0.15, 0.2) is 11.1 Å². The summed E-state index contributed by atoms with van der Waals surface area (Å²) in [6, 6.07) is 0. The number of nitrogens with zero attached hydrogens (tertiary/aromatic N) is 5. The van der Waals surface area contributed by atoms with Crippen molar-refractivity contribution in [2.24, 2.45) is 5.92 Å². The predicted molar refractivity (Wildman–Crippen MR) is 114 cm³/mol. The van der Waals surface area contributed by atoms with Gasteiger partial charge in [0.15, 0.2) is 5.65 Å². The van der Waals surface area contributed by atoms with Gasteiger partial charge in [-0.1, -0.05) is 6.92 Å². The second-order valence-corrected chi connectivity index (χ2v) is 8.86. The van der Waals surface area contributed by atoms with Crippen LogP contribution in [0.3, 0.4) is 0 Å². The molecule has 9 nitrogen and oxygen atoms in total. The zero-order chi connectivity index (χ0) is 21.3. The van der Waals surface area contributed by atoms with E-state index in [9.17, 15) is 9.59 Å². The van der Waals surface area contributed by atoms with Crippen LogP contribution in [-0.2, 0) is 33.7 Å². The first kappa shape index (κ1) is 21.0. The van der Waals surface area contributed by atoms with Crippen molar-refractivity contribution >= 4 is 33.1 Å². The molecule has 1 atom stereocenters. The largest absolute Gasteiger partial charge is 0.383 e. The van der Waals surface area contributed by atoms with Crippen LogP contribution in [0.25, 0.3) is 15.9 Å². The smallest absolute Gasteiger partial charge is 0.352 e. The third-order valence-corrected chi connectivity index (χ3v) is 6.81. The number of carbonyl (C=O) groups excluding carboxylic acids is 1. The van der Waals surface area contributed by atoms with Crippen molar-refractivity contribution in [1.82, 2.24) is 24.1 Å². The molecule has 0 aromatic carbocycles. The topological polar surface area (TPSA) is 91.0 Å². The monoisotopic (exact) mass is 433 g/mol. The maximum absolute atomic E-state index is 12.9. The van der Waals surface area contributed by atoms with Gasteiger partial charge in [-0.25, -0.2) is 18.9 Å². The van der Waals surface area contributed by atoms with Crippen LogP contribution in [-0.4, -0.2) is 70.5 Å². The lowest BCUT2D eigenvalue weighted by Crippen LogP contribution is -2.40. The molecule has 10 heteroatoms. The molecule has 3 heterocycles. The second-order valence-electron chi connectivity index (χ2n) is 7.78. The fourth-order valence-corrected chi connectivity index (χ4v) is 5.30. The van der Waals surface area contributed by atoms with E-state index in [-0.39, 0.29) is 18.1 Å². The maximum atomic E-state index is 12.9. The molecule has 1 aliphatic rings. The van der Waals surface area contributed by atoms with E-state index in [0.717, 1.165) is 29.5 Å². The molecule has 0 bridgehead atoms. The maximum Gasteiger partial charge on any atom is 0.352 e. The highest BCUT2D eigenvalue weighted by atomic mass is 32.1. The Morgan fingerprint density at radius 3 is 2.73 bits per heavy atom. The van der Waals surface area contributed by atoms with E-state index in [0.29, 0.717) is 37.9 Å². The summed E-state index contributed by atoms with van der Waals surface area (Å²) in [5.41, 5.74) is 1.50. The van der Waals surface area contributed by atoms with Gasteiger partial charge in [0.25, 0.3) is 0 Å². The summed E-state index contributed by atoms with van der Waals surface area (Å²) < 4.78 is 12.9. The number of aromatic nitrogens is 4. The zero-order valence-electron chi connectivity index (χ0n) is 17.6. The Balaban J connectivity index is 1.68. The van der Waals surface area contributed by atoms with Crippen LogP contribution in [0, 0.1) is 5.92 Å². The molecule has 0 aliphatic heterocycles. The molecule has 0 radical (unpaired) electrons. The lowest BCUT2D eigenvalue weighted by molar-refractivity contribution is -0.133. The Hall–Kier alpha value is -2.30. The van der Waals surface area contributed by atoms with E-state index in [4.69, 9.17) is 9.47 Å². The molecule has 0 saturated carbocycles. The average Bonchev–Trinajstić information content (AvgIpc) is 3.25. The molecular weight excluding hydrogens is 406 g/mol. The standard InChI is InChI=1S/C20H27N5O4S/c1-13-4-5-14-15(10-13)30-19-17(14)18-22-25(20(27)24(18)12-21-19)11-16(26)23(6-8-28-2)7-9-29-3/h12-13H,4-11H2,1-3H3/t13-/m0/s1. The normalized spacial score (nSPS) is 16.3. The summed E-state index contributed by atoms with van der Waals surface area (Å²) in [6.07, 6.45) is 4.66. The highest BCUT2D eigenvalue weighted by Gasteiger charge is 2.25. The summed E-state index contributed by atoms with van der Waals surface area (Å²) in [5.74, 6) is 0.462. The van der Waals surface area contributed by atoms with Gasteiger partial charge in [-0.15, -0.1) is 16.4 Å². The molecule has 0 saturated heterocycles. The Morgan fingerprint density at radius 1 is 1.30 bits per heavy atom. The first-order valence-corrected chi connectivity index (χ1v) is 11.0. The number of thiophene rings is 1. The van der Waals surface area contributed by atoms with Gasteiger partial charge in [0.05, 0.1) is 18.6 Å². The van der Waals surface area contributed by atoms with Crippen LogP contribution in [0.2, 0.25) is 0 Å². The van der Waals surface area contributed by atoms with Crippen LogP contribution in [0.1, 0.15) is 23.8 Å². The van der Waals surface area contributed by atoms with Crippen molar-refractivity contribution in [3.63, 3.8) is 0 Å². The van der Waals surface area contributed by atoms with Gasteiger partial charge in [0.1, 0.15) is 17.7 Å². The van der Waals surface area contributed by atoms with Gasteiger partial charge < -0.3 is 14.4 Å². The van der Waals surface area contributed by atoms with E-state index in [1.165, 1.54) is 25.9 Å². The number of methoxy groups -OCH3 is 2. The molecule has 0 N–H and O–H groups in total. The number of carbonyl (C=O) groups is 1. The fourth-order valence-electron chi connectivity index (χ4n) is 3.96. The molecule has 3 aromatic rings. The van der Waals surface area contributed by atoms with Crippen LogP contribution < -0.4 is 5.69 Å². The first-order valence-electron chi connectivity index (χ1n) is 10.2. The third kappa shape index (κ3) is 3.86. The molecule has 0 fully saturated rings. The van der Waals surface area contributed by atoms with Crippen molar-refractivity contribution in [3.8, 4) is 0 Å². The lowest BCUT2D eigenvalue weighted by atomic mass is 9.89. The van der Waals surface area contributed by atoms with E-state index in [1.807, 2.05) is 0 Å². The summed E-state index contributed by atoms with van der Waals surface area (Å²) in [5, 5.41) is 5.51. The summed E-state index contributed by atoms with van der Waals surface area (Å²) >= 11 is 1.69. The Bertz CT molecular complexity index is 1110. The number of ether oxygens (including phenoxy) is 2. The minimum atomic E-state index is -0.352. The Morgan fingerprint density at radius 2 is 2.03 bits per heavy atom.